The largest absolute Gasteiger partial charge is 0.311 e. The SMILES string of the molecule is CC1(c2cccc3sc4cc(-c5ccc(N(c6ccc(-c7ccccc7)cc6)c6ccc(-c7ccccc7)cc6)cc5)ccc4c23)c2ccccc2-c2ccccc21. The summed E-state index contributed by atoms with van der Waals surface area (Å²) in [6.07, 6.45) is 0. The van der Waals surface area contributed by atoms with Crippen LogP contribution in [0.3, 0.4) is 0 Å². The molecule has 11 rings (SSSR count). The van der Waals surface area contributed by atoms with Crippen molar-refractivity contribution in [1.29, 1.82) is 0 Å². The maximum atomic E-state index is 2.42. The third-order valence-corrected chi connectivity index (χ3v) is 13.3. The molecule has 0 fully saturated rings. The molecule has 0 N–H and O–H groups in total. The summed E-state index contributed by atoms with van der Waals surface area (Å²) < 4.78 is 2.64. The predicted molar refractivity (Wildman–Crippen MR) is 248 cm³/mol. The van der Waals surface area contributed by atoms with Crippen LogP contribution in [0.1, 0.15) is 23.6 Å². The molecule has 0 amide bonds. The molecule has 0 unspecified atom stereocenters. The third kappa shape index (κ3) is 5.60. The molecule has 1 heterocycles. The maximum Gasteiger partial charge on any atom is 0.0462 e. The van der Waals surface area contributed by atoms with E-state index in [9.17, 15) is 0 Å². The first kappa shape index (κ1) is 34.3. The van der Waals surface area contributed by atoms with Gasteiger partial charge in [0.2, 0.25) is 0 Å². The number of fused-ring (bicyclic) bond motifs is 6. The quantitative estimate of drug-likeness (QED) is 0.156. The number of hydrogen-bond acceptors (Lipinski definition) is 2. The lowest BCUT2D eigenvalue weighted by Crippen LogP contribution is -2.22. The molecule has 58 heavy (non-hydrogen) atoms. The van der Waals surface area contributed by atoms with Gasteiger partial charge >= 0.3 is 0 Å². The first-order valence-electron chi connectivity index (χ1n) is 20.0. The molecule has 1 aliphatic rings. The van der Waals surface area contributed by atoms with E-state index in [1.165, 1.54) is 81.4 Å². The van der Waals surface area contributed by atoms with Crippen molar-refractivity contribution in [3.8, 4) is 44.5 Å². The number of benzene rings is 9. The average Bonchev–Trinajstić information content (AvgIpc) is 3.80. The Kier molecular flexibility index (Phi) is 8.20. The van der Waals surface area contributed by atoms with Crippen LogP contribution in [0.4, 0.5) is 17.1 Å². The Morgan fingerprint density at radius 1 is 0.345 bits per heavy atom. The van der Waals surface area contributed by atoms with Crippen molar-refractivity contribution >= 4 is 48.6 Å². The summed E-state index contributed by atoms with van der Waals surface area (Å²) in [7, 11) is 0. The fourth-order valence-electron chi connectivity index (χ4n) is 9.28. The van der Waals surface area contributed by atoms with E-state index in [0.717, 1.165) is 17.1 Å². The zero-order chi connectivity index (χ0) is 38.6. The lowest BCUT2D eigenvalue weighted by molar-refractivity contribution is 0.722. The first-order chi connectivity index (χ1) is 28.6. The minimum Gasteiger partial charge on any atom is -0.311 e. The molecule has 0 atom stereocenters. The lowest BCUT2D eigenvalue weighted by Gasteiger charge is -2.29. The van der Waals surface area contributed by atoms with E-state index < -0.39 is 0 Å². The Balaban J connectivity index is 0.966. The number of rotatable bonds is 7. The number of nitrogens with zero attached hydrogens (tertiary/aromatic N) is 1. The van der Waals surface area contributed by atoms with Crippen molar-refractivity contribution in [2.45, 2.75) is 12.3 Å². The van der Waals surface area contributed by atoms with Crippen LogP contribution in [0.15, 0.2) is 218 Å². The minimum atomic E-state index is -0.245. The Labute approximate surface area is 343 Å². The van der Waals surface area contributed by atoms with Gasteiger partial charge in [0, 0.05) is 42.6 Å². The van der Waals surface area contributed by atoms with E-state index in [0.29, 0.717) is 0 Å². The van der Waals surface area contributed by atoms with E-state index in [2.05, 4.69) is 230 Å². The molecule has 0 radical (unpaired) electrons. The van der Waals surface area contributed by atoms with Crippen molar-refractivity contribution in [2.75, 3.05) is 4.90 Å². The molecule has 0 saturated carbocycles. The van der Waals surface area contributed by atoms with Crippen molar-refractivity contribution < 1.29 is 0 Å². The van der Waals surface area contributed by atoms with Gasteiger partial charge in [-0.15, -0.1) is 11.3 Å². The van der Waals surface area contributed by atoms with Crippen LogP contribution in [-0.2, 0) is 5.41 Å². The normalized spacial score (nSPS) is 12.7. The summed E-state index contributed by atoms with van der Waals surface area (Å²) in [5, 5.41) is 2.69. The second kappa shape index (κ2) is 13.9. The smallest absolute Gasteiger partial charge is 0.0462 e. The zero-order valence-corrected chi connectivity index (χ0v) is 33.0. The van der Waals surface area contributed by atoms with Gasteiger partial charge in [-0.1, -0.05) is 170 Å². The van der Waals surface area contributed by atoms with E-state index >= 15 is 0 Å². The van der Waals surface area contributed by atoms with Crippen LogP contribution in [0, 0.1) is 0 Å². The second-order valence-corrected chi connectivity index (χ2v) is 16.5. The zero-order valence-electron chi connectivity index (χ0n) is 32.1. The molecule has 1 aliphatic carbocycles. The summed E-state index contributed by atoms with van der Waals surface area (Å²) in [5.41, 5.74) is 17.2. The van der Waals surface area contributed by atoms with Crippen LogP contribution in [0.25, 0.3) is 64.7 Å². The second-order valence-electron chi connectivity index (χ2n) is 15.4. The monoisotopic (exact) mass is 757 g/mol. The van der Waals surface area contributed by atoms with Crippen molar-refractivity contribution in [3.05, 3.63) is 235 Å². The highest BCUT2D eigenvalue weighted by Crippen LogP contribution is 2.55. The van der Waals surface area contributed by atoms with Crippen LogP contribution in [0.5, 0.6) is 0 Å². The highest BCUT2D eigenvalue weighted by molar-refractivity contribution is 7.25. The van der Waals surface area contributed by atoms with Gasteiger partial charge < -0.3 is 4.90 Å². The summed E-state index contributed by atoms with van der Waals surface area (Å²) in [4.78, 5) is 2.35. The Morgan fingerprint density at radius 2 is 0.759 bits per heavy atom. The molecule has 0 bridgehead atoms. The third-order valence-electron chi connectivity index (χ3n) is 12.2. The minimum absolute atomic E-state index is 0.245. The summed E-state index contributed by atoms with van der Waals surface area (Å²) in [6.45, 7) is 2.42. The number of anilines is 3. The Hall–Kier alpha value is -7.00. The van der Waals surface area contributed by atoms with Crippen molar-refractivity contribution in [1.82, 2.24) is 0 Å². The Morgan fingerprint density at radius 3 is 1.28 bits per heavy atom. The summed E-state index contributed by atoms with van der Waals surface area (Å²) >= 11 is 1.90. The lowest BCUT2D eigenvalue weighted by atomic mass is 9.73. The molecule has 1 nitrogen and oxygen atoms in total. The molecule has 9 aromatic carbocycles. The van der Waals surface area contributed by atoms with Gasteiger partial charge in [0.05, 0.1) is 0 Å². The molecule has 10 aromatic rings. The fourth-order valence-corrected chi connectivity index (χ4v) is 10.5. The van der Waals surface area contributed by atoms with E-state index in [1.807, 2.05) is 11.3 Å². The fraction of sp³-hybridized carbons (Fsp3) is 0.0357. The van der Waals surface area contributed by atoms with Crippen LogP contribution in [0.2, 0.25) is 0 Å². The van der Waals surface area contributed by atoms with Gasteiger partial charge in [0.25, 0.3) is 0 Å². The van der Waals surface area contributed by atoms with Gasteiger partial charge in [0.15, 0.2) is 0 Å². The van der Waals surface area contributed by atoms with Gasteiger partial charge in [0.1, 0.15) is 0 Å². The molecular weight excluding hydrogens is 719 g/mol. The first-order valence-corrected chi connectivity index (χ1v) is 20.8. The van der Waals surface area contributed by atoms with Crippen molar-refractivity contribution in [3.63, 3.8) is 0 Å². The highest BCUT2D eigenvalue weighted by atomic mass is 32.1. The molecule has 0 saturated heterocycles. The molecular formula is C56H39NS. The molecule has 0 spiro atoms. The van der Waals surface area contributed by atoms with E-state index in [4.69, 9.17) is 0 Å². The standard InChI is InChI=1S/C56H39NS/c1-56(50-19-10-8-17-47(50)48-18-9-11-20-51(48)56)52-21-12-22-53-55(52)49-36-29-43(37-54(49)58-53)42-27-34-46(35-28-42)57(44-30-23-40(24-31-44)38-13-4-2-5-14-38)45-32-25-41(26-33-45)39-15-6-3-7-16-39/h2-37H,1H3. The van der Waals surface area contributed by atoms with Crippen LogP contribution >= 0.6 is 11.3 Å². The summed E-state index contributed by atoms with van der Waals surface area (Å²) in [6, 6.07) is 79.9. The topological polar surface area (TPSA) is 3.24 Å². The predicted octanol–water partition coefficient (Wildman–Crippen LogP) is 15.9. The van der Waals surface area contributed by atoms with Gasteiger partial charge in [-0.2, -0.15) is 0 Å². The number of thiophene rings is 1. The average molecular weight is 758 g/mol. The highest BCUT2D eigenvalue weighted by Gasteiger charge is 2.41. The molecule has 274 valence electrons. The van der Waals surface area contributed by atoms with Gasteiger partial charge in [-0.3, -0.25) is 0 Å². The molecule has 1 aromatic heterocycles. The Bertz CT molecular complexity index is 2960. The van der Waals surface area contributed by atoms with Gasteiger partial charge in [-0.25, -0.2) is 0 Å². The van der Waals surface area contributed by atoms with Gasteiger partial charge in [-0.05, 0) is 117 Å². The van der Waals surface area contributed by atoms with Crippen LogP contribution in [-0.4, -0.2) is 0 Å². The maximum absolute atomic E-state index is 2.42. The van der Waals surface area contributed by atoms with Crippen LogP contribution < -0.4 is 4.90 Å². The molecule has 2 heteroatoms. The molecule has 0 aliphatic heterocycles. The van der Waals surface area contributed by atoms with E-state index in [-0.39, 0.29) is 5.41 Å². The summed E-state index contributed by atoms with van der Waals surface area (Å²) in [5.74, 6) is 0. The van der Waals surface area contributed by atoms with Crippen molar-refractivity contribution in [2.24, 2.45) is 0 Å². The number of hydrogen-bond donors (Lipinski definition) is 0. The van der Waals surface area contributed by atoms with E-state index in [1.54, 1.807) is 0 Å².